The molecule has 1 aromatic heterocycles. The van der Waals surface area contributed by atoms with Gasteiger partial charge in [0, 0.05) is 10.8 Å². The molecule has 0 saturated carbocycles. The van der Waals surface area contributed by atoms with Gasteiger partial charge in [0.15, 0.2) is 0 Å². The molecule has 0 fully saturated rings. The third-order valence-corrected chi connectivity index (χ3v) is 10.8. The lowest BCUT2D eigenvalue weighted by molar-refractivity contribution is 0.748. The van der Waals surface area contributed by atoms with E-state index in [4.69, 9.17) is 0 Å². The maximum atomic E-state index is 10.1. The Hall–Kier alpha value is -6.17. The monoisotopic (exact) mass is 580 g/mol. The Balaban J connectivity index is 1.39. The van der Waals surface area contributed by atoms with E-state index in [1.54, 1.807) is 0 Å². The molecule has 2 nitrogen and oxygen atoms in total. The minimum Gasteiger partial charge on any atom is -0.309 e. The molecule has 0 N–H and O–H groups in total. The first-order chi connectivity index (χ1) is 22.8. The number of hydrogen-bond acceptors (Lipinski definition) is 1. The van der Waals surface area contributed by atoms with Crippen LogP contribution in [0.3, 0.4) is 0 Å². The van der Waals surface area contributed by atoms with Crippen LogP contribution in [0, 0.1) is 11.3 Å². The fourth-order valence-corrected chi connectivity index (χ4v) is 9.08. The van der Waals surface area contributed by atoms with Crippen molar-refractivity contribution in [3.8, 4) is 22.9 Å². The van der Waals surface area contributed by atoms with Crippen molar-refractivity contribution < 1.29 is 0 Å². The van der Waals surface area contributed by atoms with Crippen molar-refractivity contribution in [2.45, 2.75) is 5.41 Å². The first-order valence-electron chi connectivity index (χ1n) is 15.8. The second-order valence-corrected chi connectivity index (χ2v) is 12.7. The Morgan fingerprint density at radius 2 is 1.02 bits per heavy atom. The first-order valence-corrected chi connectivity index (χ1v) is 15.8. The maximum Gasteiger partial charge on any atom is 0.0991 e. The Labute approximate surface area is 265 Å². The number of para-hydroxylation sites is 2. The molecule has 0 radical (unpaired) electrons. The van der Waals surface area contributed by atoms with Crippen molar-refractivity contribution in [2.24, 2.45) is 0 Å². The number of fused-ring (bicyclic) bond motifs is 18. The highest BCUT2D eigenvalue weighted by Crippen LogP contribution is 2.61. The van der Waals surface area contributed by atoms with Gasteiger partial charge in [-0.3, -0.25) is 0 Å². The van der Waals surface area contributed by atoms with Crippen LogP contribution < -0.4 is 0 Å². The molecule has 8 aromatic carbocycles. The summed E-state index contributed by atoms with van der Waals surface area (Å²) in [5.74, 6) is 0. The molecular formula is C44H24N2. The van der Waals surface area contributed by atoms with Crippen molar-refractivity contribution in [3.63, 3.8) is 0 Å². The lowest BCUT2D eigenvalue weighted by atomic mass is 9.65. The van der Waals surface area contributed by atoms with E-state index in [1.165, 1.54) is 93.2 Å². The van der Waals surface area contributed by atoms with E-state index < -0.39 is 5.41 Å². The zero-order valence-electron chi connectivity index (χ0n) is 24.8. The van der Waals surface area contributed by atoms with E-state index in [2.05, 4.69) is 150 Å². The van der Waals surface area contributed by atoms with Gasteiger partial charge in [0.05, 0.1) is 33.8 Å². The van der Waals surface area contributed by atoms with E-state index in [-0.39, 0.29) is 0 Å². The number of rotatable bonds is 0. The average molecular weight is 581 g/mol. The second kappa shape index (κ2) is 8.30. The van der Waals surface area contributed by atoms with Gasteiger partial charge in [-0.15, -0.1) is 0 Å². The lowest BCUT2D eigenvalue weighted by Gasteiger charge is -2.39. The van der Waals surface area contributed by atoms with E-state index in [9.17, 15) is 5.26 Å². The van der Waals surface area contributed by atoms with Crippen LogP contribution in [-0.2, 0) is 5.41 Å². The van der Waals surface area contributed by atoms with Crippen molar-refractivity contribution in [1.82, 2.24) is 4.57 Å². The summed E-state index contributed by atoms with van der Waals surface area (Å²) in [7, 11) is 0. The smallest absolute Gasteiger partial charge is 0.0991 e. The third kappa shape index (κ3) is 2.66. The highest BCUT2D eigenvalue weighted by molar-refractivity contribution is 6.29. The quantitative estimate of drug-likeness (QED) is 0.164. The van der Waals surface area contributed by atoms with E-state index >= 15 is 0 Å². The Morgan fingerprint density at radius 3 is 1.78 bits per heavy atom. The molecule has 1 atom stereocenters. The van der Waals surface area contributed by atoms with Gasteiger partial charge in [0.25, 0.3) is 0 Å². The molecule has 9 aromatic rings. The van der Waals surface area contributed by atoms with Crippen molar-refractivity contribution in [1.29, 1.82) is 5.26 Å². The van der Waals surface area contributed by atoms with Gasteiger partial charge in [-0.05, 0) is 96.0 Å². The molecular weight excluding hydrogens is 556 g/mol. The molecule has 2 heteroatoms. The summed E-state index contributed by atoms with van der Waals surface area (Å²) in [5.41, 5.74) is 11.2. The molecule has 1 unspecified atom stereocenters. The maximum absolute atomic E-state index is 10.1. The summed E-state index contributed by atoms with van der Waals surface area (Å²) in [6, 6.07) is 55.8. The first kappa shape index (κ1) is 24.2. The number of nitriles is 1. The summed E-state index contributed by atoms with van der Waals surface area (Å²) in [6.45, 7) is 0. The standard InChI is InChI=1S/C44H24N2/c45-25-26-20-21-32-31-14-5-6-16-37(31)44(40(32)22-26)38-17-7-8-19-41(38)46-42-24-35-30-13-4-2-11-28(30)27-10-1-3-12-29(27)34(35)23-36(42)33-15-9-18-39(44)43(33)46/h1-24H. The molecule has 46 heavy (non-hydrogen) atoms. The lowest BCUT2D eigenvalue weighted by Crippen LogP contribution is -2.33. The highest BCUT2D eigenvalue weighted by Gasteiger charge is 2.50. The molecule has 0 bridgehead atoms. The zero-order chi connectivity index (χ0) is 30.1. The number of nitrogens with zero attached hydrogens (tertiary/aromatic N) is 2. The van der Waals surface area contributed by atoms with Crippen LogP contribution in [0.5, 0.6) is 0 Å². The second-order valence-electron chi connectivity index (χ2n) is 12.7. The SMILES string of the molecule is N#Cc1ccc2c(c1)C1(c3ccccc3-2)c2ccccc2-n2c3cc4c5ccccc5c5ccccc5c4cc3c3cccc1c32. The summed E-state index contributed by atoms with van der Waals surface area (Å²) in [4.78, 5) is 0. The van der Waals surface area contributed by atoms with Crippen LogP contribution in [0.25, 0.3) is 70.9 Å². The predicted octanol–water partition coefficient (Wildman–Crippen LogP) is 10.8. The molecule has 210 valence electrons. The van der Waals surface area contributed by atoms with E-state index in [0.717, 1.165) is 0 Å². The Morgan fingerprint density at radius 1 is 0.435 bits per heavy atom. The topological polar surface area (TPSA) is 28.7 Å². The molecule has 2 heterocycles. The summed E-state index contributed by atoms with van der Waals surface area (Å²) in [6.07, 6.45) is 0. The highest BCUT2D eigenvalue weighted by atomic mass is 15.0. The van der Waals surface area contributed by atoms with Crippen molar-refractivity contribution in [2.75, 3.05) is 0 Å². The minimum atomic E-state index is -0.544. The molecule has 0 amide bonds. The number of aromatic nitrogens is 1. The molecule has 2 aliphatic rings. The van der Waals surface area contributed by atoms with E-state index in [1.807, 2.05) is 6.07 Å². The number of benzene rings is 8. The van der Waals surface area contributed by atoms with Gasteiger partial charge in [-0.25, -0.2) is 0 Å². The van der Waals surface area contributed by atoms with Crippen LogP contribution in [0.1, 0.15) is 27.8 Å². The Bertz CT molecular complexity index is 2880. The van der Waals surface area contributed by atoms with Gasteiger partial charge in [-0.2, -0.15) is 5.26 Å². The van der Waals surface area contributed by atoms with Crippen LogP contribution >= 0.6 is 0 Å². The molecule has 0 saturated heterocycles. The normalized spacial score (nSPS) is 15.9. The van der Waals surface area contributed by atoms with Crippen LogP contribution in [0.4, 0.5) is 0 Å². The molecule has 11 rings (SSSR count). The molecule has 1 spiro atoms. The van der Waals surface area contributed by atoms with Gasteiger partial charge in [0.2, 0.25) is 0 Å². The van der Waals surface area contributed by atoms with Gasteiger partial charge >= 0.3 is 0 Å². The predicted molar refractivity (Wildman–Crippen MR) is 189 cm³/mol. The largest absolute Gasteiger partial charge is 0.309 e. The van der Waals surface area contributed by atoms with Crippen molar-refractivity contribution in [3.05, 3.63) is 173 Å². The fraction of sp³-hybridized carbons (Fsp3) is 0.0227. The van der Waals surface area contributed by atoms with Crippen LogP contribution in [-0.4, -0.2) is 4.57 Å². The summed E-state index contributed by atoms with van der Waals surface area (Å²) >= 11 is 0. The van der Waals surface area contributed by atoms with Crippen molar-refractivity contribution >= 4 is 54.1 Å². The van der Waals surface area contributed by atoms with Crippen LogP contribution in [0.15, 0.2) is 146 Å². The average Bonchev–Trinajstić information content (AvgIpc) is 3.60. The Kier molecular flexibility index (Phi) is 4.36. The van der Waals surface area contributed by atoms with Crippen LogP contribution in [0.2, 0.25) is 0 Å². The van der Waals surface area contributed by atoms with Gasteiger partial charge < -0.3 is 4.57 Å². The summed E-state index contributed by atoms with van der Waals surface area (Å²) in [5, 5.41) is 20.3. The fourth-order valence-electron chi connectivity index (χ4n) is 9.08. The van der Waals surface area contributed by atoms with E-state index in [0.29, 0.717) is 5.56 Å². The third-order valence-electron chi connectivity index (χ3n) is 10.8. The zero-order valence-corrected chi connectivity index (χ0v) is 24.8. The minimum absolute atomic E-state index is 0.544. The van der Waals surface area contributed by atoms with Gasteiger partial charge in [0.1, 0.15) is 0 Å². The number of hydrogen-bond donors (Lipinski definition) is 0. The van der Waals surface area contributed by atoms with Gasteiger partial charge in [-0.1, -0.05) is 115 Å². The molecule has 1 aliphatic carbocycles. The molecule has 1 aliphatic heterocycles. The summed E-state index contributed by atoms with van der Waals surface area (Å²) < 4.78 is 2.51.